The molecule has 2 saturated heterocycles. The summed E-state index contributed by atoms with van der Waals surface area (Å²) in [4.78, 5) is 28.7. The minimum Gasteiger partial charge on any atom is -0.378 e. The van der Waals surface area contributed by atoms with E-state index in [1.807, 2.05) is 24.1 Å². The van der Waals surface area contributed by atoms with Gasteiger partial charge in [0.25, 0.3) is 0 Å². The fraction of sp³-hybridized carbons (Fsp3) is 0.579. The Bertz CT molecular complexity index is 612. The summed E-state index contributed by atoms with van der Waals surface area (Å²) in [5, 5.41) is 0. The second-order valence-electron chi connectivity index (χ2n) is 7.21. The average molecular weight is 330 g/mol. The minimum absolute atomic E-state index is 0.0442. The van der Waals surface area contributed by atoms with Crippen LogP contribution in [0.1, 0.15) is 30.9 Å². The van der Waals surface area contributed by atoms with Gasteiger partial charge in [-0.1, -0.05) is 38.1 Å². The lowest BCUT2D eigenvalue weighted by molar-refractivity contribution is -0.134. The van der Waals surface area contributed by atoms with Crippen molar-refractivity contribution in [3.05, 3.63) is 35.4 Å². The highest BCUT2D eigenvalue weighted by atomic mass is 16.5. The van der Waals surface area contributed by atoms with Crippen molar-refractivity contribution in [2.75, 3.05) is 33.4 Å². The van der Waals surface area contributed by atoms with Crippen LogP contribution < -0.4 is 0 Å². The number of rotatable bonds is 3. The van der Waals surface area contributed by atoms with Gasteiger partial charge in [0.2, 0.25) is 11.8 Å². The Balaban J connectivity index is 1.69. The third-order valence-electron chi connectivity index (χ3n) is 5.10. The molecule has 5 nitrogen and oxygen atoms in total. The Hall–Kier alpha value is -1.88. The van der Waals surface area contributed by atoms with Gasteiger partial charge in [-0.05, 0) is 17.0 Å². The van der Waals surface area contributed by atoms with E-state index in [1.165, 1.54) is 5.56 Å². The molecule has 0 aromatic heterocycles. The maximum Gasteiger partial charge on any atom is 0.229 e. The Labute approximate surface area is 143 Å². The maximum absolute atomic E-state index is 12.7. The van der Waals surface area contributed by atoms with Gasteiger partial charge in [-0.3, -0.25) is 9.59 Å². The van der Waals surface area contributed by atoms with Crippen LogP contribution in [0, 0.1) is 5.92 Å². The normalized spacial score (nSPS) is 24.2. The Morgan fingerprint density at radius 3 is 2.58 bits per heavy atom. The second kappa shape index (κ2) is 6.93. The molecule has 2 aliphatic rings. The first-order chi connectivity index (χ1) is 11.5. The molecular formula is C19H26N2O3. The molecule has 0 saturated carbocycles. The zero-order valence-corrected chi connectivity index (χ0v) is 14.7. The molecule has 1 aromatic carbocycles. The van der Waals surface area contributed by atoms with Gasteiger partial charge in [-0.15, -0.1) is 0 Å². The van der Waals surface area contributed by atoms with Crippen molar-refractivity contribution in [1.29, 1.82) is 0 Å². The van der Waals surface area contributed by atoms with E-state index in [4.69, 9.17) is 4.74 Å². The van der Waals surface area contributed by atoms with Crippen LogP contribution >= 0.6 is 0 Å². The van der Waals surface area contributed by atoms with Gasteiger partial charge in [0, 0.05) is 20.1 Å². The van der Waals surface area contributed by atoms with Crippen LogP contribution in [0.5, 0.6) is 0 Å². The van der Waals surface area contributed by atoms with E-state index in [1.54, 1.807) is 4.90 Å². The summed E-state index contributed by atoms with van der Waals surface area (Å²) in [6.07, 6.45) is 0.385. The third kappa shape index (κ3) is 3.46. The molecule has 2 atom stereocenters. The lowest BCUT2D eigenvalue weighted by Gasteiger charge is -2.29. The van der Waals surface area contributed by atoms with Gasteiger partial charge in [-0.2, -0.15) is 0 Å². The first kappa shape index (κ1) is 17.0. The Morgan fingerprint density at radius 2 is 1.92 bits per heavy atom. The lowest BCUT2D eigenvalue weighted by Crippen LogP contribution is -2.45. The molecule has 1 aromatic rings. The SMILES string of the molecule is CC(C)c1ccc(CC(=O)N2C[C@@H]3COC[C@H](C2)N(C)C3=O)cc1. The van der Waals surface area contributed by atoms with Crippen molar-refractivity contribution in [2.45, 2.75) is 32.2 Å². The molecule has 0 spiro atoms. The summed E-state index contributed by atoms with van der Waals surface area (Å²) in [7, 11) is 1.81. The predicted octanol–water partition coefficient (Wildman–Crippen LogP) is 1.67. The van der Waals surface area contributed by atoms with Gasteiger partial charge < -0.3 is 14.5 Å². The van der Waals surface area contributed by atoms with E-state index < -0.39 is 0 Å². The standard InChI is InChI=1S/C19H26N2O3/c1-13(2)15-6-4-14(5-7-15)8-18(22)21-9-16-11-24-12-17(10-21)20(3)19(16)23/h4-7,13,16-17H,8-12H2,1-3H3/t16-,17+/m1/s1. The van der Waals surface area contributed by atoms with Crippen molar-refractivity contribution >= 4 is 11.8 Å². The summed E-state index contributed by atoms with van der Waals surface area (Å²) in [5.74, 6) is 0.428. The number of ether oxygens (including phenoxy) is 1. The van der Waals surface area contributed by atoms with Gasteiger partial charge in [-0.25, -0.2) is 0 Å². The quantitative estimate of drug-likeness (QED) is 0.847. The van der Waals surface area contributed by atoms with Crippen LogP contribution in [-0.4, -0.2) is 61.0 Å². The molecule has 2 aliphatic heterocycles. The van der Waals surface area contributed by atoms with E-state index >= 15 is 0 Å². The summed E-state index contributed by atoms with van der Waals surface area (Å²) in [5.41, 5.74) is 2.30. The van der Waals surface area contributed by atoms with Gasteiger partial charge in [0.1, 0.15) is 0 Å². The first-order valence-electron chi connectivity index (χ1n) is 8.66. The molecular weight excluding hydrogens is 304 g/mol. The van der Waals surface area contributed by atoms with Crippen molar-refractivity contribution in [3.8, 4) is 0 Å². The van der Waals surface area contributed by atoms with Crippen LogP contribution in [0.15, 0.2) is 24.3 Å². The van der Waals surface area contributed by atoms with Crippen LogP contribution in [0.2, 0.25) is 0 Å². The van der Waals surface area contributed by atoms with Gasteiger partial charge in [0.05, 0.1) is 31.6 Å². The van der Waals surface area contributed by atoms with E-state index in [9.17, 15) is 9.59 Å². The molecule has 0 N–H and O–H groups in total. The van der Waals surface area contributed by atoms with E-state index in [0.29, 0.717) is 38.6 Å². The highest BCUT2D eigenvalue weighted by Gasteiger charge is 2.38. The fourth-order valence-electron chi connectivity index (χ4n) is 3.41. The minimum atomic E-state index is -0.241. The monoisotopic (exact) mass is 330 g/mol. The third-order valence-corrected chi connectivity index (χ3v) is 5.10. The highest BCUT2D eigenvalue weighted by molar-refractivity contribution is 5.83. The Morgan fingerprint density at radius 1 is 1.21 bits per heavy atom. The number of hydrogen-bond acceptors (Lipinski definition) is 3. The number of nitrogens with zero attached hydrogens (tertiary/aromatic N) is 2. The van der Waals surface area contributed by atoms with E-state index in [0.717, 1.165) is 5.56 Å². The molecule has 24 heavy (non-hydrogen) atoms. The van der Waals surface area contributed by atoms with Crippen molar-refractivity contribution in [3.63, 3.8) is 0 Å². The summed E-state index contributed by atoms with van der Waals surface area (Å²) < 4.78 is 5.58. The predicted molar refractivity (Wildman–Crippen MR) is 91.7 cm³/mol. The molecule has 2 bridgehead atoms. The van der Waals surface area contributed by atoms with Crippen molar-refractivity contribution in [1.82, 2.24) is 9.80 Å². The fourth-order valence-corrected chi connectivity index (χ4v) is 3.41. The lowest BCUT2D eigenvalue weighted by atomic mass is 10.0. The smallest absolute Gasteiger partial charge is 0.229 e. The van der Waals surface area contributed by atoms with E-state index in [2.05, 4.69) is 26.0 Å². The number of carbonyl (C=O) groups excluding carboxylic acids is 2. The second-order valence-corrected chi connectivity index (χ2v) is 7.21. The molecule has 0 radical (unpaired) electrons. The van der Waals surface area contributed by atoms with Gasteiger partial charge >= 0.3 is 0 Å². The van der Waals surface area contributed by atoms with Crippen LogP contribution in [0.4, 0.5) is 0 Å². The molecule has 3 rings (SSSR count). The highest BCUT2D eigenvalue weighted by Crippen LogP contribution is 2.21. The average Bonchev–Trinajstić information content (AvgIpc) is 2.73. The number of carbonyl (C=O) groups is 2. The summed E-state index contributed by atoms with van der Waals surface area (Å²) in [6.45, 7) is 6.25. The number of amides is 2. The topological polar surface area (TPSA) is 49.9 Å². The molecule has 2 heterocycles. The summed E-state index contributed by atoms with van der Waals surface area (Å²) in [6, 6.07) is 8.21. The zero-order valence-electron chi connectivity index (χ0n) is 14.7. The number of likely N-dealkylation sites (N-methyl/N-ethyl adjacent to an activating group) is 1. The van der Waals surface area contributed by atoms with Crippen molar-refractivity contribution < 1.29 is 14.3 Å². The Kier molecular flexibility index (Phi) is 4.90. The first-order valence-corrected chi connectivity index (χ1v) is 8.66. The molecule has 2 amide bonds. The number of hydrogen-bond donors (Lipinski definition) is 0. The molecule has 130 valence electrons. The molecule has 0 aliphatic carbocycles. The molecule has 0 unspecified atom stereocenters. The maximum atomic E-state index is 12.7. The van der Waals surface area contributed by atoms with Crippen LogP contribution in [0.3, 0.4) is 0 Å². The van der Waals surface area contributed by atoms with Crippen LogP contribution in [0.25, 0.3) is 0 Å². The molecule has 5 heteroatoms. The molecule has 2 fully saturated rings. The van der Waals surface area contributed by atoms with E-state index in [-0.39, 0.29) is 23.8 Å². The number of benzene rings is 1. The number of fused-ring (bicyclic) bond motifs is 3. The van der Waals surface area contributed by atoms with Crippen molar-refractivity contribution in [2.24, 2.45) is 5.92 Å². The van der Waals surface area contributed by atoms with Crippen LogP contribution in [-0.2, 0) is 20.7 Å². The largest absolute Gasteiger partial charge is 0.378 e. The summed E-state index contributed by atoms with van der Waals surface area (Å²) >= 11 is 0. The van der Waals surface area contributed by atoms with Gasteiger partial charge in [0.15, 0.2) is 0 Å². The zero-order chi connectivity index (χ0) is 17.3.